The van der Waals surface area contributed by atoms with Gasteiger partial charge >= 0.3 is 0 Å². The summed E-state index contributed by atoms with van der Waals surface area (Å²) in [5.41, 5.74) is 3.47. The highest BCUT2D eigenvalue weighted by Crippen LogP contribution is 2.24. The normalized spacial score (nSPS) is 13.8. The van der Waals surface area contributed by atoms with Crippen LogP contribution in [0.5, 0.6) is 0 Å². The van der Waals surface area contributed by atoms with E-state index in [-0.39, 0.29) is 11.7 Å². The molecule has 6 nitrogen and oxygen atoms in total. The van der Waals surface area contributed by atoms with Gasteiger partial charge in [0.1, 0.15) is 12.4 Å². The lowest BCUT2D eigenvalue weighted by Gasteiger charge is -2.36. The van der Waals surface area contributed by atoms with Crippen LogP contribution in [0, 0.1) is 12.7 Å². The Morgan fingerprint density at radius 1 is 1.17 bits per heavy atom. The molecule has 1 aromatic carbocycles. The van der Waals surface area contributed by atoms with Gasteiger partial charge in [0.15, 0.2) is 0 Å². The average Bonchev–Trinajstić information content (AvgIpc) is 3.10. The molecule has 1 amide bonds. The molecule has 0 bridgehead atoms. The minimum Gasteiger partial charge on any atom is -0.388 e. The molecule has 0 unspecified atom stereocenters. The maximum atomic E-state index is 14.3. The quantitative estimate of drug-likeness (QED) is 0.708. The van der Waals surface area contributed by atoms with Crippen LogP contribution in [0.1, 0.15) is 19.4 Å². The molecule has 160 valence electrons. The third kappa shape index (κ3) is 4.40. The Labute approximate surface area is 177 Å². The van der Waals surface area contributed by atoms with Crippen LogP contribution >= 0.6 is 0 Å². The third-order valence-corrected chi connectivity index (χ3v) is 5.40. The van der Waals surface area contributed by atoms with Gasteiger partial charge < -0.3 is 19.7 Å². The first-order valence-corrected chi connectivity index (χ1v) is 10.5. The van der Waals surface area contributed by atoms with Crippen LogP contribution in [0.2, 0.25) is 0 Å². The number of amides is 1. The van der Waals surface area contributed by atoms with E-state index in [0.29, 0.717) is 38.4 Å². The summed E-state index contributed by atoms with van der Waals surface area (Å²) < 4.78 is 16.3. The number of nitrogens with one attached hydrogen (secondary N) is 1. The number of aromatic nitrogens is 2. The highest BCUT2D eigenvalue weighted by molar-refractivity contribution is 5.85. The first-order chi connectivity index (χ1) is 14.6. The molecule has 1 fully saturated rings. The number of rotatable bonds is 4. The summed E-state index contributed by atoms with van der Waals surface area (Å²) in [7, 11) is 1.77. The molecular weight excluding hydrogens is 381 g/mol. The largest absolute Gasteiger partial charge is 0.388 e. The molecule has 0 radical (unpaired) electrons. The van der Waals surface area contributed by atoms with Gasteiger partial charge in [0.25, 0.3) is 0 Å². The zero-order valence-electron chi connectivity index (χ0n) is 18.2. The Hall–Kier alpha value is -3.09. The maximum absolute atomic E-state index is 14.3. The van der Waals surface area contributed by atoms with E-state index < -0.39 is 0 Å². The summed E-state index contributed by atoms with van der Waals surface area (Å²) in [6.45, 7) is 8.75. The van der Waals surface area contributed by atoms with Gasteiger partial charge in [-0.3, -0.25) is 9.78 Å². The number of carbonyl (C=O) groups is 1. The zero-order chi connectivity index (χ0) is 21.7. The molecule has 0 saturated carbocycles. The second kappa shape index (κ2) is 9.61. The van der Waals surface area contributed by atoms with Gasteiger partial charge in [-0.25, -0.2) is 4.39 Å². The number of benzene rings is 1. The van der Waals surface area contributed by atoms with Gasteiger partial charge in [-0.15, -0.1) is 0 Å². The second-order valence-electron chi connectivity index (χ2n) is 7.12. The molecule has 4 rings (SSSR count). The minimum atomic E-state index is -0.241. The van der Waals surface area contributed by atoms with E-state index in [1.165, 1.54) is 6.07 Å². The van der Waals surface area contributed by atoms with Crippen molar-refractivity contribution in [1.82, 2.24) is 14.5 Å². The monoisotopic (exact) mass is 411 g/mol. The standard InChI is InChI=1S/C21H24FN5O.C2H6/c1-15-13-27(19-5-6-24-12-17(15)19)14-21(28)26-9-7-25(8-10-26)20-4-3-16(23-2)11-18(20)22;1-2/h3-6,11-13,23H,7-10,14H2,1-2H3;1-2H3. The van der Waals surface area contributed by atoms with E-state index in [1.807, 2.05) is 59.7 Å². The van der Waals surface area contributed by atoms with Crippen LogP contribution < -0.4 is 10.2 Å². The second-order valence-corrected chi connectivity index (χ2v) is 7.12. The van der Waals surface area contributed by atoms with Crippen molar-refractivity contribution in [2.75, 3.05) is 43.4 Å². The Bertz CT molecular complexity index is 1010. The lowest BCUT2D eigenvalue weighted by Crippen LogP contribution is -2.49. The molecule has 3 heterocycles. The van der Waals surface area contributed by atoms with Crippen LogP contribution in [-0.4, -0.2) is 53.6 Å². The first kappa shape index (κ1) is 21.6. The number of aryl methyl sites for hydroxylation is 1. The Morgan fingerprint density at radius 2 is 1.90 bits per heavy atom. The van der Waals surface area contributed by atoms with Crippen LogP contribution in [0.25, 0.3) is 10.9 Å². The zero-order valence-corrected chi connectivity index (χ0v) is 18.2. The summed E-state index contributed by atoms with van der Waals surface area (Å²) in [4.78, 5) is 20.8. The molecular formula is C23H30FN5O. The molecule has 7 heteroatoms. The Morgan fingerprint density at radius 3 is 2.57 bits per heavy atom. The molecule has 0 spiro atoms. The number of nitrogens with zero attached hydrogens (tertiary/aromatic N) is 4. The van der Waals surface area contributed by atoms with E-state index in [0.717, 1.165) is 22.2 Å². The molecule has 1 N–H and O–H groups in total. The fraction of sp³-hybridized carbons (Fsp3) is 0.391. The summed E-state index contributed by atoms with van der Waals surface area (Å²) >= 11 is 0. The number of pyridine rings is 1. The highest BCUT2D eigenvalue weighted by Gasteiger charge is 2.23. The number of hydrogen-bond donors (Lipinski definition) is 1. The first-order valence-electron chi connectivity index (χ1n) is 10.5. The minimum absolute atomic E-state index is 0.0827. The molecule has 1 saturated heterocycles. The third-order valence-electron chi connectivity index (χ3n) is 5.40. The Kier molecular flexibility index (Phi) is 6.92. The van der Waals surface area contributed by atoms with Crippen molar-refractivity contribution < 1.29 is 9.18 Å². The van der Waals surface area contributed by atoms with Crippen molar-refractivity contribution in [3.8, 4) is 0 Å². The van der Waals surface area contributed by atoms with Crippen molar-refractivity contribution in [3.05, 3.63) is 54.2 Å². The smallest absolute Gasteiger partial charge is 0.242 e. The molecule has 1 aliphatic rings. The number of fused-ring (bicyclic) bond motifs is 1. The fourth-order valence-corrected chi connectivity index (χ4v) is 3.81. The number of piperazine rings is 1. The van der Waals surface area contributed by atoms with E-state index in [9.17, 15) is 9.18 Å². The Balaban J connectivity index is 0.00000124. The number of hydrogen-bond acceptors (Lipinski definition) is 4. The molecule has 0 aliphatic carbocycles. The van der Waals surface area contributed by atoms with Gasteiger partial charge in [-0.1, -0.05) is 13.8 Å². The summed E-state index contributed by atoms with van der Waals surface area (Å²) in [5, 5.41) is 4.01. The highest BCUT2D eigenvalue weighted by atomic mass is 19.1. The van der Waals surface area contributed by atoms with E-state index >= 15 is 0 Å². The van der Waals surface area contributed by atoms with Gasteiger partial charge in [0.2, 0.25) is 5.91 Å². The van der Waals surface area contributed by atoms with Crippen molar-refractivity contribution in [1.29, 1.82) is 0 Å². The van der Waals surface area contributed by atoms with E-state index in [1.54, 1.807) is 19.3 Å². The molecule has 0 atom stereocenters. The van der Waals surface area contributed by atoms with Crippen molar-refractivity contribution in [3.63, 3.8) is 0 Å². The van der Waals surface area contributed by atoms with Crippen LogP contribution in [-0.2, 0) is 11.3 Å². The predicted octanol–water partition coefficient (Wildman–Crippen LogP) is 3.90. The van der Waals surface area contributed by atoms with Gasteiger partial charge in [0, 0.05) is 62.9 Å². The van der Waals surface area contributed by atoms with Crippen molar-refractivity contribution >= 4 is 28.2 Å². The van der Waals surface area contributed by atoms with Crippen LogP contribution in [0.4, 0.5) is 15.8 Å². The molecule has 1 aliphatic heterocycles. The van der Waals surface area contributed by atoms with Crippen LogP contribution in [0.15, 0.2) is 42.9 Å². The number of halogens is 1. The predicted molar refractivity (Wildman–Crippen MR) is 121 cm³/mol. The van der Waals surface area contributed by atoms with Crippen LogP contribution in [0.3, 0.4) is 0 Å². The topological polar surface area (TPSA) is 53.4 Å². The summed E-state index contributed by atoms with van der Waals surface area (Å²) in [5.74, 6) is -0.158. The fourth-order valence-electron chi connectivity index (χ4n) is 3.81. The lowest BCUT2D eigenvalue weighted by atomic mass is 10.2. The molecule has 30 heavy (non-hydrogen) atoms. The SMILES string of the molecule is CC.CNc1ccc(N2CCN(C(=O)Cn3cc(C)c4cnccc43)CC2)c(F)c1. The maximum Gasteiger partial charge on any atom is 0.242 e. The lowest BCUT2D eigenvalue weighted by molar-refractivity contribution is -0.132. The average molecular weight is 412 g/mol. The van der Waals surface area contributed by atoms with Crippen molar-refractivity contribution in [2.24, 2.45) is 0 Å². The van der Waals surface area contributed by atoms with Gasteiger partial charge in [0.05, 0.1) is 11.2 Å². The summed E-state index contributed by atoms with van der Waals surface area (Å²) in [6.07, 6.45) is 5.58. The van der Waals surface area contributed by atoms with E-state index in [2.05, 4.69) is 10.3 Å². The molecule has 3 aromatic rings. The summed E-state index contributed by atoms with van der Waals surface area (Å²) in [6, 6.07) is 7.10. The van der Waals surface area contributed by atoms with E-state index in [4.69, 9.17) is 0 Å². The van der Waals surface area contributed by atoms with Gasteiger partial charge in [-0.05, 0) is 36.8 Å². The number of carbonyl (C=O) groups excluding carboxylic acids is 1. The number of anilines is 2. The van der Waals surface area contributed by atoms with Gasteiger partial charge in [-0.2, -0.15) is 0 Å². The molecule has 2 aromatic heterocycles. The van der Waals surface area contributed by atoms with Crippen molar-refractivity contribution in [2.45, 2.75) is 27.3 Å².